The number of amides is 14. The fourth-order valence-corrected chi connectivity index (χ4v) is 15.4. The summed E-state index contributed by atoms with van der Waals surface area (Å²) in [6.07, 6.45) is 3.83. The van der Waals surface area contributed by atoms with Gasteiger partial charge in [0.25, 0.3) is 0 Å². The number of hydrogen-bond donors (Lipinski definition) is 19. The number of likely N-dealkylation sites (tertiary alicyclic amines) is 1. The molecule has 20 N–H and O–H groups in total. The molecule has 14 amide bonds. The average molecular weight is 1630 g/mol. The van der Waals surface area contributed by atoms with E-state index in [1.54, 1.807) is 74.6 Å². The predicted octanol–water partition coefficient (Wildman–Crippen LogP) is -1.85. The molecule has 0 radical (unpaired) electrons. The van der Waals surface area contributed by atoms with Crippen LogP contribution in [-0.2, 0) is 102 Å². The highest BCUT2D eigenvalue weighted by atomic mass is 33.1. The molecular formula is C76H100N18O19S2. The number of H-pyrrole nitrogens is 2. The van der Waals surface area contributed by atoms with Gasteiger partial charge >= 0.3 is 11.9 Å². The zero-order valence-electron chi connectivity index (χ0n) is 63.9. The topological polar surface area (TPSA) is 564 Å². The third kappa shape index (κ3) is 26.8. The highest BCUT2D eigenvalue weighted by Crippen LogP contribution is 2.26. The zero-order chi connectivity index (χ0) is 83.4. The first-order valence-corrected chi connectivity index (χ1v) is 40.4. The minimum absolute atomic E-state index is 0.0122. The molecule has 5 aromatic rings. The number of nitrogens with zero attached hydrogens (tertiary/aromatic N) is 2. The van der Waals surface area contributed by atoms with Gasteiger partial charge in [-0.2, -0.15) is 0 Å². The lowest BCUT2D eigenvalue weighted by Gasteiger charge is -2.30. The Morgan fingerprint density at radius 1 is 0.626 bits per heavy atom. The van der Waals surface area contributed by atoms with E-state index in [0.717, 1.165) is 26.5 Å². The van der Waals surface area contributed by atoms with Crippen LogP contribution in [0.4, 0.5) is 0 Å². The van der Waals surface area contributed by atoms with E-state index in [0.29, 0.717) is 46.1 Å². The second-order valence-corrected chi connectivity index (χ2v) is 31.0. The molecule has 2 aromatic heterocycles. The Balaban J connectivity index is 1.05. The lowest BCUT2D eigenvalue weighted by atomic mass is 9.99. The van der Waals surface area contributed by atoms with E-state index in [1.165, 1.54) is 50.6 Å². The van der Waals surface area contributed by atoms with Crippen LogP contribution in [0.1, 0.15) is 114 Å². The Labute approximate surface area is 669 Å². The van der Waals surface area contributed by atoms with Crippen molar-refractivity contribution in [2.45, 2.75) is 196 Å². The maximum Gasteiger partial charge on any atom is 0.326 e. The van der Waals surface area contributed by atoms with Gasteiger partial charge in [0, 0.05) is 79.9 Å². The summed E-state index contributed by atoms with van der Waals surface area (Å²) in [6, 6.07) is 2.43. The molecule has 0 bridgehead atoms. The van der Waals surface area contributed by atoms with Gasteiger partial charge in [0.1, 0.15) is 84.3 Å². The van der Waals surface area contributed by atoms with Crippen molar-refractivity contribution in [1.29, 1.82) is 0 Å². The van der Waals surface area contributed by atoms with Crippen molar-refractivity contribution in [3.63, 3.8) is 0 Å². The number of carbonyl (C=O) groups excluding carboxylic acids is 14. The summed E-state index contributed by atoms with van der Waals surface area (Å²) in [7, 11) is 1.71. The Morgan fingerprint density at radius 2 is 1.25 bits per heavy atom. The molecule has 620 valence electrons. The smallest absolute Gasteiger partial charge is 0.326 e. The molecule has 3 aliphatic rings. The number of aromatic nitrogens is 3. The number of benzene rings is 3. The summed E-state index contributed by atoms with van der Waals surface area (Å²) in [5.41, 5.74) is 8.45. The number of aromatic hydroxyl groups is 1. The summed E-state index contributed by atoms with van der Waals surface area (Å²) >= 11 is 0. The van der Waals surface area contributed by atoms with Gasteiger partial charge in [-0.15, -0.1) is 0 Å². The Kier molecular flexibility index (Phi) is 33.7. The van der Waals surface area contributed by atoms with Crippen molar-refractivity contribution in [1.82, 2.24) is 89.0 Å². The number of aliphatic carboxylic acids is 2. The second kappa shape index (κ2) is 43.6. The van der Waals surface area contributed by atoms with E-state index in [4.69, 9.17) is 5.73 Å². The summed E-state index contributed by atoms with van der Waals surface area (Å²) in [5.74, 6) is -16.4. The maximum atomic E-state index is 15.3. The largest absolute Gasteiger partial charge is 0.508 e. The number of unbranched alkanes of at least 4 members (excludes halogenated alkanes) is 1. The number of nitrogens with one attached hydrogen (secondary N) is 15. The van der Waals surface area contributed by atoms with Gasteiger partial charge in [-0.3, -0.25) is 71.9 Å². The van der Waals surface area contributed by atoms with Gasteiger partial charge in [-0.05, 0) is 106 Å². The van der Waals surface area contributed by atoms with Crippen molar-refractivity contribution < 1.29 is 92.0 Å². The molecule has 14 atom stereocenters. The highest BCUT2D eigenvalue weighted by molar-refractivity contribution is 8.76. The van der Waals surface area contributed by atoms with Gasteiger partial charge in [-0.1, -0.05) is 103 Å². The normalized spacial score (nSPS) is 21.4. The number of fused-ring (bicyclic) bond motifs is 1. The first-order valence-electron chi connectivity index (χ1n) is 37.9. The third-order valence-corrected chi connectivity index (χ3v) is 22.2. The van der Waals surface area contributed by atoms with Crippen molar-refractivity contribution in [3.8, 4) is 5.75 Å². The minimum Gasteiger partial charge on any atom is -0.508 e. The number of carboxylic acids is 2. The number of imidazole rings is 1. The van der Waals surface area contributed by atoms with Gasteiger partial charge in [-0.25, -0.2) is 9.78 Å². The van der Waals surface area contributed by atoms with E-state index in [2.05, 4.69) is 84.1 Å². The standard InChI is InChI=1S/C76H100N18O19S2/c1-5-40(2)63(76(112)113)93-73(109)58-38-115-114-37-57(91-68(104)52(25-27-62(98)99)86-74(110)59-19-13-29-94(59)75(111)42(4)83-64(100)41(3)82-61(97)36-80-65(101)56(33-46-35-78-39-81-46)90-67(103)51-24-26-60(96)84-51)72(108)88-53(30-43-14-7-6-8-15-43)69(105)89-55(32-45-34-79-49-17-10-9-16-48(45)49)71(107)85-50(18-11-12-28-77)66(102)87-54(70(106)92-58)31-44-20-22-47(95)23-21-44/h6-10,14-17,20-23,34-35,39-42,50-59,63,79,95H,5,11-13,18-19,24-33,36-38,77H2,1-4H3,(H,78,81)(H,80,101)(H,82,97)(H,83,100)(H,84,96)(H,85,107)(H,86,110)(H,87,102)(H,88,108)(H,89,105)(H,90,103)(H,91,104)(H,92,106)(H,93,109)(H,98,99)(H,112,113)/t40-,41-,42-,50-,51-,52-,53?,54?,55-,56-,57-,58?,59-,63-/m0/s1. The predicted molar refractivity (Wildman–Crippen MR) is 420 cm³/mol. The summed E-state index contributed by atoms with van der Waals surface area (Å²) in [4.78, 5) is 235. The number of carbonyl (C=O) groups is 16. The number of carboxylic acid groups (broad SMARTS) is 2. The van der Waals surface area contributed by atoms with Crippen molar-refractivity contribution in [2.24, 2.45) is 11.7 Å². The summed E-state index contributed by atoms with van der Waals surface area (Å²) in [5, 5.41) is 65.1. The minimum atomic E-state index is -1.77. The monoisotopic (exact) mass is 1630 g/mol. The van der Waals surface area contributed by atoms with E-state index in [1.807, 2.05) is 0 Å². The Bertz CT molecular complexity index is 4290. The zero-order valence-corrected chi connectivity index (χ0v) is 65.6. The molecule has 37 nitrogen and oxygen atoms in total. The molecule has 3 aromatic carbocycles. The first kappa shape index (κ1) is 88.9. The SMILES string of the molecule is CC[C@H](C)[C@H](NC(=O)C1CSSC[C@H](NC(=O)[C@H](CCC(=O)O)NC(=O)[C@@H]2CCCN2C(=O)[C@H](C)NC(=O)[C@H](C)NC(=O)CNC(=O)[C@H](Cc2c[nH]cn2)NC(=O)[C@@H]2CCC(=O)N2)C(=O)NC(Cc2ccccc2)C(=O)N[C@@H](Cc2c[nH]c3ccccc23)C(=O)N[C@@H](CCCCN)C(=O)NC(Cc2ccc(O)cc2)C(=O)N1)C(=O)O. The Hall–Kier alpha value is -11.6. The van der Waals surface area contributed by atoms with Crippen LogP contribution in [0.25, 0.3) is 10.9 Å². The van der Waals surface area contributed by atoms with Crippen LogP contribution in [0.5, 0.6) is 5.75 Å². The highest BCUT2D eigenvalue weighted by Gasteiger charge is 2.41. The number of aromatic amines is 2. The molecule has 8 rings (SSSR count). The van der Waals surface area contributed by atoms with Crippen molar-refractivity contribution in [3.05, 3.63) is 120 Å². The lowest BCUT2D eigenvalue weighted by Crippen LogP contribution is -2.61. The molecule has 3 unspecified atom stereocenters. The molecule has 3 aliphatic heterocycles. The number of rotatable bonds is 33. The number of nitrogens with two attached hydrogens (primary N) is 1. The van der Waals surface area contributed by atoms with E-state index >= 15 is 14.4 Å². The maximum absolute atomic E-state index is 15.3. The number of phenols is 1. The number of para-hydroxylation sites is 1. The fraction of sp³-hybridized carbons (Fsp3) is 0.487. The molecule has 3 fully saturated rings. The van der Waals surface area contributed by atoms with Crippen LogP contribution in [-0.4, -0.2) is 239 Å². The first-order chi connectivity index (χ1) is 55.0. The van der Waals surface area contributed by atoms with Crippen LogP contribution in [0, 0.1) is 5.92 Å². The molecule has 3 saturated heterocycles. The van der Waals surface area contributed by atoms with E-state index < -0.39 is 204 Å². The van der Waals surface area contributed by atoms with Crippen LogP contribution in [0.2, 0.25) is 0 Å². The van der Waals surface area contributed by atoms with Gasteiger partial charge in [0.2, 0.25) is 82.7 Å². The summed E-state index contributed by atoms with van der Waals surface area (Å²) < 4.78 is 0. The van der Waals surface area contributed by atoms with Crippen molar-refractivity contribution in [2.75, 3.05) is 31.1 Å². The van der Waals surface area contributed by atoms with Crippen molar-refractivity contribution >= 4 is 127 Å². The molecule has 5 heterocycles. The van der Waals surface area contributed by atoms with E-state index in [-0.39, 0.29) is 89.0 Å². The van der Waals surface area contributed by atoms with Gasteiger partial charge < -0.3 is 105 Å². The third-order valence-electron chi connectivity index (χ3n) is 19.8. The molecular weight excluding hydrogens is 1530 g/mol. The quantitative estimate of drug-likeness (QED) is 0.0162. The van der Waals surface area contributed by atoms with Gasteiger partial charge in [0.15, 0.2) is 0 Å². The molecule has 0 saturated carbocycles. The number of phenolic OH excluding ortho intramolecular Hbond substituents is 1. The lowest BCUT2D eigenvalue weighted by molar-refractivity contribution is -0.143. The van der Waals surface area contributed by atoms with Crippen LogP contribution < -0.4 is 74.9 Å². The average Bonchev–Trinajstić information content (AvgIpc) is 1.76. The fourth-order valence-electron chi connectivity index (χ4n) is 13.1. The number of hydrogen-bond acceptors (Lipinski definition) is 21. The molecule has 115 heavy (non-hydrogen) atoms. The van der Waals surface area contributed by atoms with Crippen LogP contribution in [0.3, 0.4) is 0 Å². The van der Waals surface area contributed by atoms with Gasteiger partial charge in [0.05, 0.1) is 18.6 Å². The molecule has 0 spiro atoms. The second-order valence-electron chi connectivity index (χ2n) is 28.5. The molecule has 39 heteroatoms. The van der Waals surface area contributed by atoms with Crippen LogP contribution in [0.15, 0.2) is 97.6 Å². The summed E-state index contributed by atoms with van der Waals surface area (Å²) in [6.45, 7) is 5.40. The molecule has 0 aliphatic carbocycles. The van der Waals surface area contributed by atoms with E-state index in [9.17, 15) is 77.6 Å². The Morgan fingerprint density at radius 3 is 1.90 bits per heavy atom. The van der Waals surface area contributed by atoms with Crippen LogP contribution >= 0.6 is 21.6 Å².